The Hall–Kier alpha value is -2.00. The van der Waals surface area contributed by atoms with Crippen molar-refractivity contribution < 1.29 is 14.6 Å². The monoisotopic (exact) mass is 286 g/mol. The fourth-order valence-electron chi connectivity index (χ4n) is 2.44. The summed E-state index contributed by atoms with van der Waals surface area (Å²) in [6.07, 6.45) is -0.0814. The standard InChI is InChI=1S/C18H22O3/c1-12-8-9-14(10-13(12)2)11-16(19)15-6-5-7-17(20-3)18(15)21-4/h5-10,16,19H,11H2,1-4H3. The van der Waals surface area contributed by atoms with Crippen molar-refractivity contribution in [2.45, 2.75) is 26.4 Å². The van der Waals surface area contributed by atoms with Crippen molar-refractivity contribution in [1.29, 1.82) is 0 Å². The Morgan fingerprint density at radius 1 is 1.00 bits per heavy atom. The van der Waals surface area contributed by atoms with Crippen LogP contribution in [0.5, 0.6) is 11.5 Å². The van der Waals surface area contributed by atoms with Gasteiger partial charge in [0.1, 0.15) is 0 Å². The van der Waals surface area contributed by atoms with E-state index < -0.39 is 6.10 Å². The summed E-state index contributed by atoms with van der Waals surface area (Å²) in [5, 5.41) is 10.5. The third-order valence-corrected chi connectivity index (χ3v) is 3.79. The van der Waals surface area contributed by atoms with Crippen molar-refractivity contribution in [3.63, 3.8) is 0 Å². The second-order valence-corrected chi connectivity index (χ2v) is 5.22. The molecule has 1 N–H and O–H groups in total. The molecule has 1 atom stereocenters. The lowest BCUT2D eigenvalue weighted by molar-refractivity contribution is 0.173. The second-order valence-electron chi connectivity index (χ2n) is 5.22. The first-order valence-corrected chi connectivity index (χ1v) is 7.02. The molecule has 0 radical (unpaired) electrons. The van der Waals surface area contributed by atoms with Crippen LogP contribution in [0.2, 0.25) is 0 Å². The largest absolute Gasteiger partial charge is 0.493 e. The highest BCUT2D eigenvalue weighted by molar-refractivity contribution is 5.48. The Labute approximate surface area is 126 Å². The van der Waals surface area contributed by atoms with Crippen LogP contribution in [0.1, 0.15) is 28.4 Å². The number of aliphatic hydroxyl groups excluding tert-OH is 1. The molecule has 1 unspecified atom stereocenters. The molecular formula is C18H22O3. The summed E-state index contributed by atoms with van der Waals surface area (Å²) in [5.41, 5.74) is 4.34. The zero-order valence-corrected chi connectivity index (χ0v) is 13.0. The Morgan fingerprint density at radius 2 is 1.76 bits per heavy atom. The molecule has 21 heavy (non-hydrogen) atoms. The minimum absolute atomic E-state index is 0.546. The van der Waals surface area contributed by atoms with E-state index in [1.165, 1.54) is 11.1 Å². The van der Waals surface area contributed by atoms with E-state index in [9.17, 15) is 5.11 Å². The van der Waals surface area contributed by atoms with Gasteiger partial charge < -0.3 is 14.6 Å². The zero-order chi connectivity index (χ0) is 15.4. The molecule has 2 aromatic rings. The molecule has 0 amide bonds. The Balaban J connectivity index is 2.27. The molecule has 0 bridgehead atoms. The summed E-state index contributed by atoms with van der Waals surface area (Å²) in [5.74, 6) is 1.23. The van der Waals surface area contributed by atoms with E-state index in [2.05, 4.69) is 32.0 Å². The highest BCUT2D eigenvalue weighted by Crippen LogP contribution is 2.35. The number of para-hydroxylation sites is 1. The summed E-state index contributed by atoms with van der Waals surface area (Å²) in [6, 6.07) is 11.8. The van der Waals surface area contributed by atoms with Gasteiger partial charge >= 0.3 is 0 Å². The zero-order valence-electron chi connectivity index (χ0n) is 13.0. The van der Waals surface area contributed by atoms with Crippen LogP contribution in [-0.2, 0) is 6.42 Å². The van der Waals surface area contributed by atoms with E-state index in [1.807, 2.05) is 18.2 Å². The number of aliphatic hydroxyl groups is 1. The van der Waals surface area contributed by atoms with Gasteiger partial charge in [0, 0.05) is 12.0 Å². The van der Waals surface area contributed by atoms with E-state index in [4.69, 9.17) is 9.47 Å². The van der Waals surface area contributed by atoms with Gasteiger partial charge in [0.05, 0.1) is 20.3 Å². The first-order chi connectivity index (χ1) is 10.1. The van der Waals surface area contributed by atoms with Crippen molar-refractivity contribution in [1.82, 2.24) is 0 Å². The first kappa shape index (κ1) is 15.4. The summed E-state index contributed by atoms with van der Waals surface area (Å²) in [6.45, 7) is 4.16. The predicted octanol–water partition coefficient (Wildman–Crippen LogP) is 3.60. The molecule has 112 valence electrons. The van der Waals surface area contributed by atoms with Crippen LogP contribution in [0.15, 0.2) is 36.4 Å². The number of methoxy groups -OCH3 is 2. The van der Waals surface area contributed by atoms with Gasteiger partial charge in [-0.1, -0.05) is 30.3 Å². The lowest BCUT2D eigenvalue weighted by atomic mass is 9.97. The molecule has 0 spiro atoms. The van der Waals surface area contributed by atoms with Crippen molar-refractivity contribution in [2.24, 2.45) is 0 Å². The summed E-state index contributed by atoms with van der Waals surface area (Å²) in [7, 11) is 3.18. The van der Waals surface area contributed by atoms with Gasteiger partial charge in [-0.3, -0.25) is 0 Å². The highest BCUT2D eigenvalue weighted by Gasteiger charge is 2.17. The van der Waals surface area contributed by atoms with E-state index >= 15 is 0 Å². The second kappa shape index (κ2) is 6.64. The van der Waals surface area contributed by atoms with Gasteiger partial charge in [0.15, 0.2) is 11.5 Å². The van der Waals surface area contributed by atoms with E-state index in [0.717, 1.165) is 11.1 Å². The number of aryl methyl sites for hydroxylation is 2. The van der Waals surface area contributed by atoms with Crippen LogP contribution in [0, 0.1) is 13.8 Å². The molecule has 3 nitrogen and oxygen atoms in total. The first-order valence-electron chi connectivity index (χ1n) is 7.02. The minimum atomic E-state index is -0.628. The topological polar surface area (TPSA) is 38.7 Å². The molecule has 2 aromatic carbocycles. The lowest BCUT2D eigenvalue weighted by Gasteiger charge is -2.17. The molecule has 3 heteroatoms. The number of hydrogen-bond acceptors (Lipinski definition) is 3. The average Bonchev–Trinajstić information content (AvgIpc) is 2.49. The summed E-state index contributed by atoms with van der Waals surface area (Å²) < 4.78 is 10.7. The molecule has 0 saturated heterocycles. The molecule has 0 aromatic heterocycles. The molecule has 0 aliphatic carbocycles. The summed E-state index contributed by atoms with van der Waals surface area (Å²) in [4.78, 5) is 0. The predicted molar refractivity (Wildman–Crippen MR) is 84.1 cm³/mol. The number of benzene rings is 2. The van der Waals surface area contributed by atoms with E-state index in [0.29, 0.717) is 17.9 Å². The fourth-order valence-corrected chi connectivity index (χ4v) is 2.44. The number of ether oxygens (including phenoxy) is 2. The fraction of sp³-hybridized carbons (Fsp3) is 0.333. The quantitative estimate of drug-likeness (QED) is 0.912. The van der Waals surface area contributed by atoms with Crippen molar-refractivity contribution in [3.8, 4) is 11.5 Å². The maximum Gasteiger partial charge on any atom is 0.166 e. The third kappa shape index (κ3) is 3.37. The molecule has 2 rings (SSSR count). The van der Waals surface area contributed by atoms with Crippen LogP contribution in [-0.4, -0.2) is 19.3 Å². The van der Waals surface area contributed by atoms with Gasteiger partial charge in [0.2, 0.25) is 0 Å². The Kier molecular flexibility index (Phi) is 4.86. The van der Waals surface area contributed by atoms with Crippen LogP contribution in [0.25, 0.3) is 0 Å². The van der Waals surface area contributed by atoms with Gasteiger partial charge in [-0.05, 0) is 36.6 Å². The van der Waals surface area contributed by atoms with Gasteiger partial charge in [0.25, 0.3) is 0 Å². The molecule has 0 heterocycles. The number of rotatable bonds is 5. The molecule has 0 aliphatic rings. The lowest BCUT2D eigenvalue weighted by Crippen LogP contribution is -2.05. The van der Waals surface area contributed by atoms with Gasteiger partial charge in [-0.15, -0.1) is 0 Å². The normalized spacial score (nSPS) is 12.0. The summed E-state index contributed by atoms with van der Waals surface area (Å²) >= 11 is 0. The van der Waals surface area contributed by atoms with Crippen molar-refractivity contribution >= 4 is 0 Å². The van der Waals surface area contributed by atoms with Crippen LogP contribution in [0.4, 0.5) is 0 Å². The SMILES string of the molecule is COc1cccc(C(O)Cc2ccc(C)c(C)c2)c1OC. The van der Waals surface area contributed by atoms with Crippen LogP contribution >= 0.6 is 0 Å². The van der Waals surface area contributed by atoms with Crippen molar-refractivity contribution in [3.05, 3.63) is 58.7 Å². The smallest absolute Gasteiger partial charge is 0.166 e. The average molecular weight is 286 g/mol. The maximum atomic E-state index is 10.5. The maximum absolute atomic E-state index is 10.5. The Bertz CT molecular complexity index is 620. The molecule has 0 saturated carbocycles. The van der Waals surface area contributed by atoms with Crippen LogP contribution < -0.4 is 9.47 Å². The van der Waals surface area contributed by atoms with Gasteiger partial charge in [-0.25, -0.2) is 0 Å². The third-order valence-electron chi connectivity index (χ3n) is 3.79. The minimum Gasteiger partial charge on any atom is -0.493 e. The van der Waals surface area contributed by atoms with E-state index in [1.54, 1.807) is 14.2 Å². The van der Waals surface area contributed by atoms with Crippen LogP contribution in [0.3, 0.4) is 0 Å². The molecular weight excluding hydrogens is 264 g/mol. The molecule has 0 fully saturated rings. The Morgan fingerprint density at radius 3 is 2.38 bits per heavy atom. The highest BCUT2D eigenvalue weighted by atomic mass is 16.5. The van der Waals surface area contributed by atoms with Gasteiger partial charge in [-0.2, -0.15) is 0 Å². The van der Waals surface area contributed by atoms with Crippen molar-refractivity contribution in [2.75, 3.05) is 14.2 Å². The number of hydrogen-bond donors (Lipinski definition) is 1. The van der Waals surface area contributed by atoms with E-state index in [-0.39, 0.29) is 0 Å². The molecule has 0 aliphatic heterocycles.